The second-order valence-corrected chi connectivity index (χ2v) is 14.0. The zero-order valence-corrected chi connectivity index (χ0v) is 35.0. The second kappa shape index (κ2) is 41.6. The average Bonchev–Trinajstić information content (AvgIpc) is 3.72. The van der Waals surface area contributed by atoms with Crippen LogP contribution in [0.1, 0.15) is 148 Å². The Hall–Kier alpha value is -3.05. The van der Waals surface area contributed by atoms with Crippen molar-refractivity contribution in [3.8, 4) is 0 Å². The van der Waals surface area contributed by atoms with Gasteiger partial charge in [-0.15, -0.1) is 10.2 Å². The second-order valence-electron chi connectivity index (χ2n) is 14.0. The van der Waals surface area contributed by atoms with E-state index in [1.165, 1.54) is 83.5 Å². The van der Waals surface area contributed by atoms with E-state index in [4.69, 9.17) is 30.4 Å². The molecule has 56 heavy (non-hydrogen) atoms. The maximum absolute atomic E-state index is 11.7. The lowest BCUT2D eigenvalue weighted by Crippen LogP contribution is -2.31. The van der Waals surface area contributed by atoms with Crippen LogP contribution in [-0.4, -0.2) is 117 Å². The highest BCUT2D eigenvalue weighted by Gasteiger charge is 2.13. The van der Waals surface area contributed by atoms with E-state index in [9.17, 15) is 19.2 Å². The first-order chi connectivity index (χ1) is 27.3. The van der Waals surface area contributed by atoms with E-state index in [-0.39, 0.29) is 49.2 Å². The molecule has 1 atom stereocenters. The Labute approximate surface area is 336 Å². The molecule has 0 aliphatic heterocycles. The van der Waals surface area contributed by atoms with Gasteiger partial charge in [-0.3, -0.25) is 19.2 Å². The van der Waals surface area contributed by atoms with Gasteiger partial charge in [0.05, 0.1) is 33.0 Å². The molecule has 0 aliphatic rings. The Morgan fingerprint density at radius 2 is 1.20 bits per heavy atom. The smallest absolute Gasteiger partial charge is 0.246 e. The van der Waals surface area contributed by atoms with Crippen LogP contribution in [0.5, 0.6) is 0 Å². The van der Waals surface area contributed by atoms with Crippen molar-refractivity contribution < 1.29 is 38.1 Å². The molecule has 0 spiro atoms. The maximum Gasteiger partial charge on any atom is 0.246 e. The fraction of sp³-hybridized carbons (Fsp3) is 0.875. The molecule has 0 radical (unpaired) electrons. The number of H-pyrrole nitrogens is 1. The van der Waals surface area contributed by atoms with Gasteiger partial charge >= 0.3 is 0 Å². The van der Waals surface area contributed by atoms with Crippen molar-refractivity contribution in [3.63, 3.8) is 0 Å². The number of rotatable bonds is 40. The molecule has 0 saturated heterocycles. The van der Waals surface area contributed by atoms with E-state index in [1.807, 2.05) is 6.92 Å². The van der Waals surface area contributed by atoms with Crippen LogP contribution in [0, 0.1) is 5.92 Å². The lowest BCUT2D eigenvalue weighted by molar-refractivity contribution is -0.127. The van der Waals surface area contributed by atoms with Crippen molar-refractivity contribution in [2.24, 2.45) is 17.4 Å². The average molecular weight is 799 g/mol. The number of carbonyl (C=O) groups excluding carboxylic acids is 4. The number of amides is 3. The fourth-order valence-electron chi connectivity index (χ4n) is 5.65. The number of aromatic nitrogens is 4. The molecule has 1 aromatic heterocycles. The molecular formula is C40H78N8O8. The first kappa shape index (κ1) is 53.0. The van der Waals surface area contributed by atoms with E-state index >= 15 is 0 Å². The normalized spacial score (nSPS) is 11.5. The molecule has 0 bridgehead atoms. The van der Waals surface area contributed by atoms with Gasteiger partial charge in [0.25, 0.3) is 0 Å². The van der Waals surface area contributed by atoms with Crippen molar-refractivity contribution >= 4 is 23.5 Å². The van der Waals surface area contributed by atoms with Crippen LogP contribution in [-0.2, 0) is 44.5 Å². The van der Waals surface area contributed by atoms with E-state index < -0.39 is 0 Å². The van der Waals surface area contributed by atoms with Gasteiger partial charge in [0, 0.05) is 44.9 Å². The molecule has 3 amide bonds. The number of unbranched alkanes of at least 4 members (excludes halogenated alkanes) is 13. The van der Waals surface area contributed by atoms with E-state index in [2.05, 4.69) is 38.2 Å². The zero-order chi connectivity index (χ0) is 41.2. The largest absolute Gasteiger partial charge is 0.379 e. The number of hydrogen-bond donors (Lipinski definition) is 5. The highest BCUT2D eigenvalue weighted by atomic mass is 16.5. The molecule has 16 heteroatoms. The van der Waals surface area contributed by atoms with Crippen LogP contribution in [0.25, 0.3) is 0 Å². The summed E-state index contributed by atoms with van der Waals surface area (Å²) >= 11 is 0. The summed E-state index contributed by atoms with van der Waals surface area (Å²) in [6, 6.07) is 0. The van der Waals surface area contributed by atoms with Crippen molar-refractivity contribution in [1.82, 2.24) is 31.3 Å². The Kier molecular flexibility index (Phi) is 39.3. The molecule has 0 aliphatic carbocycles. The van der Waals surface area contributed by atoms with Crippen LogP contribution >= 0.6 is 0 Å². The van der Waals surface area contributed by atoms with Crippen molar-refractivity contribution in [2.75, 3.05) is 72.5 Å². The van der Waals surface area contributed by atoms with Gasteiger partial charge < -0.3 is 41.0 Å². The molecule has 0 fully saturated rings. The van der Waals surface area contributed by atoms with Gasteiger partial charge in [-0.05, 0) is 38.6 Å². The molecular weight excluding hydrogens is 720 g/mol. The van der Waals surface area contributed by atoms with Crippen molar-refractivity contribution in [3.05, 3.63) is 5.82 Å². The number of nitrogens with zero attached hydrogens (tertiary/aromatic N) is 3. The van der Waals surface area contributed by atoms with Gasteiger partial charge in [-0.25, -0.2) is 0 Å². The number of Topliss-reactive ketones (excluding diaryl/α,β-unsaturated/α-hetero) is 1. The van der Waals surface area contributed by atoms with Gasteiger partial charge in [0.15, 0.2) is 5.82 Å². The van der Waals surface area contributed by atoms with Crippen LogP contribution in [0.3, 0.4) is 0 Å². The minimum Gasteiger partial charge on any atom is -0.379 e. The number of hydrogen-bond acceptors (Lipinski definition) is 12. The monoisotopic (exact) mass is 799 g/mol. The third-order valence-corrected chi connectivity index (χ3v) is 9.03. The Morgan fingerprint density at radius 3 is 1.73 bits per heavy atom. The first-order valence-electron chi connectivity index (χ1n) is 21.4. The summed E-state index contributed by atoms with van der Waals surface area (Å²) in [6.45, 7) is 7.34. The number of nitrogens with one attached hydrogen (secondary N) is 3. The third kappa shape index (κ3) is 37.9. The summed E-state index contributed by atoms with van der Waals surface area (Å²) in [6.07, 6.45) is 23.6. The lowest BCUT2D eigenvalue weighted by atomic mass is 9.98. The van der Waals surface area contributed by atoms with Crippen molar-refractivity contribution in [1.29, 1.82) is 0 Å². The summed E-state index contributed by atoms with van der Waals surface area (Å²) < 4.78 is 21.2. The quantitative estimate of drug-likeness (QED) is 0.0578. The number of aryl methyl sites for hydroxylation is 1. The molecule has 1 heterocycles. The Morgan fingerprint density at radius 1 is 0.643 bits per heavy atom. The van der Waals surface area contributed by atoms with Gasteiger partial charge in [0.1, 0.15) is 19.0 Å². The minimum absolute atomic E-state index is 0.0602. The predicted octanol–water partition coefficient (Wildman–Crippen LogP) is 4.50. The zero-order valence-electron chi connectivity index (χ0n) is 35.0. The summed E-state index contributed by atoms with van der Waals surface area (Å²) in [4.78, 5) is 45.8. The summed E-state index contributed by atoms with van der Waals surface area (Å²) in [5.74, 6) is 0.0835. The van der Waals surface area contributed by atoms with Crippen LogP contribution in [0.4, 0.5) is 0 Å². The minimum atomic E-state index is -0.331. The first-order valence-corrected chi connectivity index (χ1v) is 21.4. The molecule has 326 valence electrons. The number of aromatic amines is 1. The maximum atomic E-state index is 11.7. The van der Waals surface area contributed by atoms with Crippen LogP contribution in [0.2, 0.25) is 0 Å². The van der Waals surface area contributed by atoms with Gasteiger partial charge in [-0.2, -0.15) is 5.21 Å². The number of primary amides is 1. The fourth-order valence-corrected chi connectivity index (χ4v) is 5.65. The number of carbonyl (C=O) groups is 4. The third-order valence-electron chi connectivity index (χ3n) is 9.03. The highest BCUT2D eigenvalue weighted by Crippen LogP contribution is 2.13. The summed E-state index contributed by atoms with van der Waals surface area (Å²) in [7, 11) is 0. The Bertz CT molecular complexity index is 1050. The van der Waals surface area contributed by atoms with Crippen molar-refractivity contribution in [2.45, 2.75) is 149 Å². The van der Waals surface area contributed by atoms with E-state index in [0.29, 0.717) is 84.8 Å². The molecule has 0 unspecified atom stereocenters. The Balaban J connectivity index is 0.00000127. The SMILES string of the molecule is CCC(=O)CCCOCCOCC(=O)NCCOCCOCC(=O)NCCCC[C@@H](CCN)C(N)=O.CCCCCCCCCCCCCCCc1nn[nH]n1. The number of ether oxygens (including phenoxy) is 4. The van der Waals surface area contributed by atoms with Crippen LogP contribution in [0.15, 0.2) is 0 Å². The topological polar surface area (TPSA) is 236 Å². The lowest BCUT2D eigenvalue weighted by Gasteiger charge is -2.12. The molecule has 0 aromatic carbocycles. The number of ketones is 1. The molecule has 1 aromatic rings. The summed E-state index contributed by atoms with van der Waals surface area (Å²) in [5, 5.41) is 19.4. The van der Waals surface area contributed by atoms with E-state index in [0.717, 1.165) is 25.1 Å². The highest BCUT2D eigenvalue weighted by molar-refractivity contribution is 5.78. The van der Waals surface area contributed by atoms with Crippen LogP contribution < -0.4 is 22.1 Å². The predicted molar refractivity (Wildman–Crippen MR) is 218 cm³/mol. The van der Waals surface area contributed by atoms with Gasteiger partial charge in [0.2, 0.25) is 17.7 Å². The molecule has 7 N–H and O–H groups in total. The van der Waals surface area contributed by atoms with Gasteiger partial charge in [-0.1, -0.05) is 103 Å². The molecule has 16 nitrogen and oxygen atoms in total. The number of nitrogens with two attached hydrogens (primary N) is 2. The molecule has 0 saturated carbocycles. The molecule has 1 rings (SSSR count). The standard InChI is InChI=1S/C24H46N4O8.C16H32N4/c1-2-21(29)7-5-12-33-14-16-35-19-23(31)28-11-13-34-15-17-36-18-22(30)27-10-4-3-6-20(8-9-25)24(26)32;1-2-3-4-5-6-7-8-9-10-11-12-13-14-15-16-17-19-20-18-16/h20H,2-19,25H2,1H3,(H2,26,32)(H,27,30)(H,28,31);2-15H2,1H3,(H,17,18,19,20)/t20-;/m0./s1. The number of tetrazole rings is 1. The summed E-state index contributed by atoms with van der Waals surface area (Å²) in [5.41, 5.74) is 10.8. The van der Waals surface area contributed by atoms with E-state index in [1.54, 1.807) is 0 Å².